The molecule has 4 amide bonds. The lowest BCUT2D eigenvalue weighted by atomic mass is 9.78. The van der Waals surface area contributed by atoms with Crippen LogP contribution in [-0.4, -0.2) is 76.8 Å². The van der Waals surface area contributed by atoms with Crippen molar-refractivity contribution in [3.8, 4) is 0 Å². The van der Waals surface area contributed by atoms with Crippen molar-refractivity contribution in [1.82, 2.24) is 15.5 Å². The second-order valence-electron chi connectivity index (χ2n) is 13.1. The molecule has 0 aromatic heterocycles. The Kier molecular flexibility index (Phi) is 17.6. The van der Waals surface area contributed by atoms with Gasteiger partial charge in [-0.3, -0.25) is 24.0 Å². The molecule has 3 rings (SSSR count). The zero-order valence-electron chi connectivity index (χ0n) is 31.8. The lowest BCUT2D eigenvalue weighted by Crippen LogP contribution is -2.72. The maximum atomic E-state index is 15.4. The van der Waals surface area contributed by atoms with E-state index in [2.05, 4.69) is 10.6 Å². The van der Waals surface area contributed by atoms with E-state index in [0.717, 1.165) is 0 Å². The number of thioether (sulfide) groups is 1. The van der Waals surface area contributed by atoms with E-state index in [9.17, 15) is 28.8 Å². The normalized spacial score (nSPS) is 13.0. The highest BCUT2D eigenvalue weighted by molar-refractivity contribution is 8.14. The predicted octanol–water partition coefficient (Wildman–Crippen LogP) is 5.78. The van der Waals surface area contributed by atoms with Crippen LogP contribution >= 0.6 is 11.8 Å². The maximum Gasteiger partial charge on any atom is 0.418 e. The number of carbonyl (C=O) groups is 7. The first-order chi connectivity index (χ1) is 26.3. The maximum absolute atomic E-state index is 15.4. The summed E-state index contributed by atoms with van der Waals surface area (Å²) in [5.41, 5.74) is -1.04. The summed E-state index contributed by atoms with van der Waals surface area (Å²) in [4.78, 5) is 97.8. The summed E-state index contributed by atoms with van der Waals surface area (Å²) >= 11 is 0.592. The molecular formula is C41H49N3O10S. The van der Waals surface area contributed by atoms with Crippen LogP contribution in [0, 0.1) is 5.92 Å². The van der Waals surface area contributed by atoms with Gasteiger partial charge in [-0.1, -0.05) is 117 Å². The Balaban J connectivity index is 2.25. The number of alkyl carbamates (subject to hydrolysis) is 1. The van der Waals surface area contributed by atoms with Gasteiger partial charge < -0.3 is 24.8 Å². The fourth-order valence-corrected chi connectivity index (χ4v) is 6.79. The molecule has 3 aromatic rings. The summed E-state index contributed by atoms with van der Waals surface area (Å²) in [6.07, 6.45) is -2.98. The quantitative estimate of drug-likeness (QED) is 0.0858. The summed E-state index contributed by atoms with van der Waals surface area (Å²) in [7, 11) is 2.47. The molecule has 55 heavy (non-hydrogen) atoms. The van der Waals surface area contributed by atoms with Gasteiger partial charge in [0.25, 0.3) is 5.91 Å². The first-order valence-corrected chi connectivity index (χ1v) is 18.8. The monoisotopic (exact) mass is 775 g/mol. The van der Waals surface area contributed by atoms with Gasteiger partial charge in [0, 0.05) is 26.8 Å². The predicted molar refractivity (Wildman–Crippen MR) is 206 cm³/mol. The third-order valence-electron chi connectivity index (χ3n) is 8.49. The van der Waals surface area contributed by atoms with E-state index in [1.165, 1.54) is 21.1 Å². The van der Waals surface area contributed by atoms with Crippen molar-refractivity contribution in [2.45, 2.75) is 82.9 Å². The largest absolute Gasteiger partial charge is 0.469 e. The summed E-state index contributed by atoms with van der Waals surface area (Å²) in [6, 6.07) is 24.3. The van der Waals surface area contributed by atoms with Crippen molar-refractivity contribution in [3.05, 3.63) is 108 Å². The van der Waals surface area contributed by atoms with Crippen molar-refractivity contribution in [3.63, 3.8) is 0 Å². The fourth-order valence-electron chi connectivity index (χ4n) is 5.90. The van der Waals surface area contributed by atoms with Gasteiger partial charge in [0.1, 0.15) is 13.2 Å². The minimum atomic E-state index is -2.68. The molecule has 0 fully saturated rings. The highest BCUT2D eigenvalue weighted by Gasteiger charge is 2.58. The van der Waals surface area contributed by atoms with Gasteiger partial charge in [-0.25, -0.2) is 14.5 Å². The number of rotatable bonds is 19. The van der Waals surface area contributed by atoms with E-state index in [1.54, 1.807) is 98.8 Å². The van der Waals surface area contributed by atoms with Crippen molar-refractivity contribution in [2.75, 3.05) is 14.2 Å². The number of imide groups is 1. The second kappa shape index (κ2) is 22.0. The molecule has 13 nitrogen and oxygen atoms in total. The number of nitrogens with one attached hydrogen (secondary N) is 2. The Morgan fingerprint density at radius 1 is 0.782 bits per heavy atom. The molecule has 2 N–H and O–H groups in total. The summed E-state index contributed by atoms with van der Waals surface area (Å²) < 4.78 is 15.9. The molecule has 0 saturated carbocycles. The lowest BCUT2D eigenvalue weighted by Gasteiger charge is -2.42. The topological polar surface area (TPSA) is 174 Å². The minimum Gasteiger partial charge on any atom is -0.469 e. The number of Topliss-reactive ketones (excluding diaryl/α,β-unsaturated/α-hetero) is 1. The van der Waals surface area contributed by atoms with Crippen LogP contribution in [0.5, 0.6) is 0 Å². The number of nitrogens with zero attached hydrogens (tertiary/aromatic N) is 1. The van der Waals surface area contributed by atoms with Gasteiger partial charge in [-0.15, -0.1) is 0 Å². The minimum absolute atomic E-state index is 0.0152. The van der Waals surface area contributed by atoms with Crippen LogP contribution in [0.4, 0.5) is 9.59 Å². The van der Waals surface area contributed by atoms with E-state index in [1.807, 2.05) is 6.07 Å². The van der Waals surface area contributed by atoms with Crippen molar-refractivity contribution in [2.24, 2.45) is 5.92 Å². The molecule has 3 atom stereocenters. The smallest absolute Gasteiger partial charge is 0.418 e. The van der Waals surface area contributed by atoms with Crippen LogP contribution in [0.15, 0.2) is 91.0 Å². The third-order valence-corrected chi connectivity index (χ3v) is 9.54. The highest BCUT2D eigenvalue weighted by Crippen LogP contribution is 2.32. The van der Waals surface area contributed by atoms with E-state index in [0.29, 0.717) is 33.4 Å². The van der Waals surface area contributed by atoms with Crippen LogP contribution in [0.3, 0.4) is 0 Å². The van der Waals surface area contributed by atoms with Gasteiger partial charge >= 0.3 is 18.2 Å². The number of hydrogen-bond donors (Lipinski definition) is 2. The number of methoxy groups -OCH3 is 1. The highest BCUT2D eigenvalue weighted by atomic mass is 32.2. The number of carbonyl (C=O) groups excluding carboxylic acids is 7. The van der Waals surface area contributed by atoms with E-state index in [4.69, 9.17) is 14.2 Å². The van der Waals surface area contributed by atoms with Gasteiger partial charge in [-0.2, -0.15) is 0 Å². The van der Waals surface area contributed by atoms with Crippen molar-refractivity contribution >= 4 is 52.6 Å². The summed E-state index contributed by atoms with van der Waals surface area (Å²) in [5, 5.41) is 3.25. The van der Waals surface area contributed by atoms with Crippen LogP contribution in [0.1, 0.15) is 63.1 Å². The van der Waals surface area contributed by atoms with Crippen LogP contribution in [-0.2, 0) is 57.8 Å². The zero-order valence-corrected chi connectivity index (χ0v) is 32.6. The van der Waals surface area contributed by atoms with Crippen molar-refractivity contribution in [1.29, 1.82) is 0 Å². The van der Waals surface area contributed by atoms with Gasteiger partial charge in [-0.05, 0) is 41.9 Å². The second-order valence-corrected chi connectivity index (χ2v) is 14.5. The Bertz CT molecular complexity index is 1760. The van der Waals surface area contributed by atoms with Crippen LogP contribution in [0.2, 0.25) is 0 Å². The van der Waals surface area contributed by atoms with E-state index >= 15 is 4.79 Å². The summed E-state index contributed by atoms with van der Waals surface area (Å²) in [5.74, 6) is -3.91. The van der Waals surface area contributed by atoms with E-state index in [-0.39, 0.29) is 44.8 Å². The van der Waals surface area contributed by atoms with E-state index < -0.39 is 64.1 Å². The zero-order chi connectivity index (χ0) is 40.4. The fraction of sp³-hybridized carbons (Fsp3) is 0.390. The van der Waals surface area contributed by atoms with Crippen LogP contribution < -0.4 is 10.6 Å². The number of ketones is 1. The molecule has 0 heterocycles. The Hall–Kier alpha value is -5.50. The number of likely N-dealkylation sites (N-methyl/N-ethyl adjacent to an activating group) is 1. The number of benzene rings is 3. The molecule has 0 bridgehead atoms. The SMILES string of the molecule is CNC(=O)[C@@](Cc1ccccc1)(C(=O)[C@H](CC(C)C)NC(=O)OCc1ccccc1)N(C(=O)OCc1ccccc1)C(=O)C(CCCC(=O)OC)SC(C)=O. The molecule has 0 aliphatic carbocycles. The molecule has 294 valence electrons. The molecular weight excluding hydrogens is 727 g/mol. The molecule has 0 aliphatic rings. The Morgan fingerprint density at radius 2 is 1.31 bits per heavy atom. The Labute approximate surface area is 325 Å². The standard InChI is InChI=1S/C41H49N3O10S/c1-28(2)24-33(43-39(50)53-26-31-18-11-7-12-19-31)36(47)41(38(49)42-4,25-30-16-9-6-10-17-30)44(40(51)54-27-32-20-13-8-14-21-32)37(48)34(55-29(3)45)22-15-23-35(46)52-5/h6-14,16-21,28,33-34H,15,22-27H2,1-5H3,(H,42,49)(H,43,50)/t33-,34?,41+/m0/s1. The van der Waals surface area contributed by atoms with Gasteiger partial charge in [0.05, 0.1) is 18.4 Å². The van der Waals surface area contributed by atoms with Crippen molar-refractivity contribution < 1.29 is 47.8 Å². The molecule has 0 saturated heterocycles. The first-order valence-electron chi connectivity index (χ1n) is 17.9. The number of amides is 4. The molecule has 3 aromatic carbocycles. The average molecular weight is 776 g/mol. The molecule has 1 unspecified atom stereocenters. The van der Waals surface area contributed by atoms with Gasteiger partial charge in [0.15, 0.2) is 16.4 Å². The third kappa shape index (κ3) is 13.1. The molecule has 0 spiro atoms. The first kappa shape index (κ1) is 43.9. The summed E-state index contributed by atoms with van der Waals surface area (Å²) in [6.45, 7) is 4.38. The molecule has 14 heteroatoms. The number of ether oxygens (including phenoxy) is 3. The number of esters is 1. The molecule has 0 aliphatic heterocycles. The Morgan fingerprint density at radius 3 is 1.80 bits per heavy atom. The van der Waals surface area contributed by atoms with Crippen LogP contribution in [0.25, 0.3) is 0 Å². The van der Waals surface area contributed by atoms with Gasteiger partial charge in [0.2, 0.25) is 5.91 Å². The average Bonchev–Trinajstić information content (AvgIpc) is 3.18. The molecule has 0 radical (unpaired) electrons. The number of hydrogen-bond acceptors (Lipinski definition) is 11. The lowest BCUT2D eigenvalue weighted by molar-refractivity contribution is -0.154.